The lowest BCUT2D eigenvalue weighted by Crippen LogP contribution is -2.47. The van der Waals surface area contributed by atoms with E-state index in [4.69, 9.17) is 0 Å². The van der Waals surface area contributed by atoms with Gasteiger partial charge in [-0.2, -0.15) is 0 Å². The fraction of sp³-hybridized carbons (Fsp3) is 0.278. The summed E-state index contributed by atoms with van der Waals surface area (Å²) in [7, 11) is -3.74. The van der Waals surface area contributed by atoms with Gasteiger partial charge in [-0.3, -0.25) is 9.10 Å². The molecule has 0 unspecified atom stereocenters. The second-order valence-electron chi connectivity index (χ2n) is 5.82. The van der Waals surface area contributed by atoms with E-state index in [1.807, 2.05) is 13.0 Å². The largest absolute Gasteiger partial charge is 0.324 e. The first kappa shape index (κ1) is 18.9. The summed E-state index contributed by atoms with van der Waals surface area (Å²) in [6.45, 7) is 3.62. The summed E-state index contributed by atoms with van der Waals surface area (Å²) in [6, 6.07) is 11.3. The van der Waals surface area contributed by atoms with Crippen LogP contribution in [0.15, 0.2) is 48.5 Å². The molecule has 2 rings (SSSR count). The molecule has 5 nitrogen and oxygen atoms in total. The summed E-state index contributed by atoms with van der Waals surface area (Å²) in [5.41, 5.74) is 1.82. The van der Waals surface area contributed by atoms with Gasteiger partial charge in [-0.25, -0.2) is 12.8 Å². The summed E-state index contributed by atoms with van der Waals surface area (Å²) in [4.78, 5) is 12.7. The first-order valence-corrected chi connectivity index (χ1v) is 9.69. The standard InChI is InChI=1S/C18H21FN2O3S/c1-4-17(18(22)20-15-7-5-6-13(2)12-15)21(25(3,23)24)16-10-8-14(19)9-11-16/h5-12,17H,4H2,1-3H3,(H,20,22)/t17-/m0/s1. The third-order valence-electron chi connectivity index (χ3n) is 3.70. The molecular formula is C18H21FN2O3S. The van der Waals surface area contributed by atoms with Crippen LogP contribution in [0.5, 0.6) is 0 Å². The highest BCUT2D eigenvalue weighted by Crippen LogP contribution is 2.23. The van der Waals surface area contributed by atoms with Gasteiger partial charge in [0, 0.05) is 5.69 Å². The molecule has 0 saturated carbocycles. The Kier molecular flexibility index (Phi) is 5.79. The van der Waals surface area contributed by atoms with E-state index in [1.165, 1.54) is 24.3 Å². The lowest BCUT2D eigenvalue weighted by Gasteiger charge is -2.30. The Morgan fingerprint density at radius 3 is 2.36 bits per heavy atom. The van der Waals surface area contributed by atoms with Crippen LogP contribution in [0.3, 0.4) is 0 Å². The maximum absolute atomic E-state index is 13.2. The quantitative estimate of drug-likeness (QED) is 0.855. The molecule has 0 fully saturated rings. The lowest BCUT2D eigenvalue weighted by atomic mass is 10.1. The lowest BCUT2D eigenvalue weighted by molar-refractivity contribution is -0.117. The number of hydrogen-bond acceptors (Lipinski definition) is 3. The molecule has 1 atom stereocenters. The zero-order chi connectivity index (χ0) is 18.6. The van der Waals surface area contributed by atoms with Crippen LogP contribution < -0.4 is 9.62 Å². The summed E-state index contributed by atoms with van der Waals surface area (Å²) in [5.74, 6) is -0.919. The third kappa shape index (κ3) is 4.79. The second kappa shape index (κ2) is 7.65. The second-order valence-corrected chi connectivity index (χ2v) is 7.68. The molecular weight excluding hydrogens is 343 g/mol. The number of nitrogens with one attached hydrogen (secondary N) is 1. The number of benzene rings is 2. The summed E-state index contributed by atoms with van der Waals surface area (Å²) >= 11 is 0. The molecule has 134 valence electrons. The zero-order valence-corrected chi connectivity index (χ0v) is 15.2. The average molecular weight is 364 g/mol. The molecule has 1 N–H and O–H groups in total. The van der Waals surface area contributed by atoms with Crippen molar-refractivity contribution in [1.29, 1.82) is 0 Å². The Bertz CT molecular complexity index is 851. The highest BCUT2D eigenvalue weighted by Gasteiger charge is 2.31. The Morgan fingerprint density at radius 2 is 1.84 bits per heavy atom. The van der Waals surface area contributed by atoms with Crippen molar-refractivity contribution in [2.45, 2.75) is 26.3 Å². The number of carbonyl (C=O) groups is 1. The molecule has 0 heterocycles. The predicted molar refractivity (Wildman–Crippen MR) is 97.6 cm³/mol. The minimum absolute atomic E-state index is 0.246. The van der Waals surface area contributed by atoms with Crippen LogP contribution in [0.1, 0.15) is 18.9 Å². The smallest absolute Gasteiger partial charge is 0.248 e. The topological polar surface area (TPSA) is 66.5 Å². The maximum Gasteiger partial charge on any atom is 0.248 e. The first-order chi connectivity index (χ1) is 11.7. The molecule has 0 spiro atoms. The molecule has 2 aromatic carbocycles. The van der Waals surface area contributed by atoms with E-state index in [0.717, 1.165) is 16.1 Å². The van der Waals surface area contributed by atoms with Gasteiger partial charge in [0.2, 0.25) is 15.9 Å². The number of anilines is 2. The summed E-state index contributed by atoms with van der Waals surface area (Å²) in [6.07, 6.45) is 1.29. The molecule has 7 heteroatoms. The van der Waals surface area contributed by atoms with Gasteiger partial charge in [-0.15, -0.1) is 0 Å². The van der Waals surface area contributed by atoms with Crippen molar-refractivity contribution in [2.75, 3.05) is 15.9 Å². The molecule has 0 aliphatic heterocycles. The number of halogens is 1. The number of hydrogen-bond donors (Lipinski definition) is 1. The van der Waals surface area contributed by atoms with E-state index in [0.29, 0.717) is 5.69 Å². The van der Waals surface area contributed by atoms with Gasteiger partial charge in [0.25, 0.3) is 0 Å². The van der Waals surface area contributed by atoms with Crippen LogP contribution in [-0.4, -0.2) is 26.6 Å². The Morgan fingerprint density at radius 1 is 1.20 bits per heavy atom. The molecule has 2 aromatic rings. The Balaban J connectivity index is 2.36. The fourth-order valence-electron chi connectivity index (χ4n) is 2.60. The Hall–Kier alpha value is -2.41. The third-order valence-corrected chi connectivity index (χ3v) is 4.88. The SMILES string of the molecule is CC[C@@H](C(=O)Nc1cccc(C)c1)N(c1ccc(F)cc1)S(C)(=O)=O. The fourth-order valence-corrected chi connectivity index (χ4v) is 3.81. The molecule has 25 heavy (non-hydrogen) atoms. The number of aryl methyl sites for hydroxylation is 1. The highest BCUT2D eigenvalue weighted by molar-refractivity contribution is 7.92. The van der Waals surface area contributed by atoms with Gasteiger partial charge in [-0.1, -0.05) is 19.1 Å². The molecule has 0 saturated heterocycles. The van der Waals surface area contributed by atoms with Crippen molar-refractivity contribution in [2.24, 2.45) is 0 Å². The Labute approximate surface area is 147 Å². The van der Waals surface area contributed by atoms with Crippen molar-refractivity contribution in [3.05, 3.63) is 59.9 Å². The molecule has 0 aliphatic rings. The predicted octanol–water partition coefficient (Wildman–Crippen LogP) is 3.32. The van der Waals surface area contributed by atoms with Crippen LogP contribution in [0.4, 0.5) is 15.8 Å². The maximum atomic E-state index is 13.2. The van der Waals surface area contributed by atoms with Crippen molar-refractivity contribution < 1.29 is 17.6 Å². The molecule has 0 aliphatic carbocycles. The van der Waals surface area contributed by atoms with E-state index in [1.54, 1.807) is 25.1 Å². The van der Waals surface area contributed by atoms with E-state index >= 15 is 0 Å². The minimum atomic E-state index is -3.74. The van der Waals surface area contributed by atoms with Crippen LogP contribution >= 0.6 is 0 Å². The van der Waals surface area contributed by atoms with Crippen molar-refractivity contribution >= 4 is 27.3 Å². The number of carbonyl (C=O) groups excluding carboxylic acids is 1. The van der Waals surface area contributed by atoms with Crippen molar-refractivity contribution in [3.63, 3.8) is 0 Å². The van der Waals surface area contributed by atoms with Gasteiger partial charge in [-0.05, 0) is 55.3 Å². The molecule has 1 amide bonds. The van der Waals surface area contributed by atoms with Gasteiger partial charge >= 0.3 is 0 Å². The van der Waals surface area contributed by atoms with Gasteiger partial charge in [0.15, 0.2) is 0 Å². The van der Waals surface area contributed by atoms with Crippen LogP contribution in [0, 0.1) is 12.7 Å². The zero-order valence-electron chi connectivity index (χ0n) is 14.4. The van der Waals surface area contributed by atoms with E-state index in [-0.39, 0.29) is 12.1 Å². The number of rotatable bonds is 6. The minimum Gasteiger partial charge on any atom is -0.324 e. The van der Waals surface area contributed by atoms with Gasteiger partial charge in [0.05, 0.1) is 11.9 Å². The first-order valence-electron chi connectivity index (χ1n) is 7.85. The average Bonchev–Trinajstić information content (AvgIpc) is 2.52. The molecule has 0 bridgehead atoms. The highest BCUT2D eigenvalue weighted by atomic mass is 32.2. The monoisotopic (exact) mass is 364 g/mol. The van der Waals surface area contributed by atoms with E-state index in [2.05, 4.69) is 5.32 Å². The number of nitrogens with zero attached hydrogens (tertiary/aromatic N) is 1. The van der Waals surface area contributed by atoms with Crippen LogP contribution in [0.25, 0.3) is 0 Å². The molecule has 0 aromatic heterocycles. The van der Waals surface area contributed by atoms with E-state index < -0.39 is 27.8 Å². The van der Waals surface area contributed by atoms with Crippen LogP contribution in [-0.2, 0) is 14.8 Å². The van der Waals surface area contributed by atoms with Crippen LogP contribution in [0.2, 0.25) is 0 Å². The summed E-state index contributed by atoms with van der Waals surface area (Å²) < 4.78 is 38.8. The van der Waals surface area contributed by atoms with Gasteiger partial charge < -0.3 is 5.32 Å². The van der Waals surface area contributed by atoms with Crippen molar-refractivity contribution in [1.82, 2.24) is 0 Å². The molecule has 0 radical (unpaired) electrons. The number of sulfonamides is 1. The normalized spacial score (nSPS) is 12.5. The van der Waals surface area contributed by atoms with Gasteiger partial charge in [0.1, 0.15) is 11.9 Å². The summed E-state index contributed by atoms with van der Waals surface area (Å²) in [5, 5.41) is 2.75. The van der Waals surface area contributed by atoms with Crippen molar-refractivity contribution in [3.8, 4) is 0 Å². The van der Waals surface area contributed by atoms with E-state index in [9.17, 15) is 17.6 Å². The number of amides is 1.